The third-order valence-electron chi connectivity index (χ3n) is 4.84. The fraction of sp³-hybridized carbons (Fsp3) is 0.368. The maximum atomic E-state index is 12.5. The van der Waals surface area contributed by atoms with Crippen LogP contribution in [0.2, 0.25) is 5.02 Å². The lowest BCUT2D eigenvalue weighted by atomic mass is 10.1. The second-order valence-corrected chi connectivity index (χ2v) is 7.25. The second-order valence-electron chi connectivity index (χ2n) is 6.81. The van der Waals surface area contributed by atoms with E-state index in [4.69, 9.17) is 16.7 Å². The molecule has 8 heteroatoms. The molecule has 1 amide bonds. The summed E-state index contributed by atoms with van der Waals surface area (Å²) in [5.74, 6) is -0.264. The van der Waals surface area contributed by atoms with Crippen LogP contribution in [0.4, 0.5) is 4.79 Å². The van der Waals surface area contributed by atoms with Gasteiger partial charge in [-0.05, 0) is 30.7 Å². The van der Waals surface area contributed by atoms with Crippen molar-refractivity contribution in [3.63, 3.8) is 0 Å². The van der Waals surface area contributed by atoms with Gasteiger partial charge in [-0.1, -0.05) is 23.7 Å². The Morgan fingerprint density at radius 1 is 1.19 bits per heavy atom. The van der Waals surface area contributed by atoms with Gasteiger partial charge in [-0.2, -0.15) is 0 Å². The number of hydrogen-bond acceptors (Lipinski definition) is 4. The second kappa shape index (κ2) is 8.02. The SMILES string of the molecule is CC1CN(Cc2ccn(Cc3ccc(Cl)cc3)c(=O)c2O)CCN1C(=O)O. The number of carbonyl (C=O) groups is 1. The summed E-state index contributed by atoms with van der Waals surface area (Å²) in [6.07, 6.45) is 0.748. The fourth-order valence-electron chi connectivity index (χ4n) is 3.34. The van der Waals surface area contributed by atoms with Crippen molar-refractivity contribution < 1.29 is 15.0 Å². The molecule has 1 aromatic heterocycles. The van der Waals surface area contributed by atoms with Gasteiger partial charge in [-0.15, -0.1) is 0 Å². The van der Waals surface area contributed by atoms with Crippen molar-refractivity contribution in [3.05, 3.63) is 63.0 Å². The van der Waals surface area contributed by atoms with E-state index in [0.29, 0.717) is 43.3 Å². The van der Waals surface area contributed by atoms with Crippen molar-refractivity contribution in [2.24, 2.45) is 0 Å². The van der Waals surface area contributed by atoms with Crippen LogP contribution in [0, 0.1) is 0 Å². The van der Waals surface area contributed by atoms with E-state index in [0.717, 1.165) is 5.56 Å². The number of carboxylic acid groups (broad SMARTS) is 1. The Bertz CT molecular complexity index is 882. The molecule has 2 N–H and O–H groups in total. The molecular weight excluding hydrogens is 370 g/mol. The molecule has 0 spiro atoms. The minimum atomic E-state index is -0.921. The number of hydrogen-bond donors (Lipinski definition) is 2. The van der Waals surface area contributed by atoms with Crippen molar-refractivity contribution in [2.45, 2.75) is 26.1 Å². The zero-order valence-corrected chi connectivity index (χ0v) is 15.8. The molecule has 2 aromatic rings. The van der Waals surface area contributed by atoms with Gasteiger partial charge in [0, 0.05) is 49.0 Å². The number of benzene rings is 1. The number of aromatic nitrogens is 1. The van der Waals surface area contributed by atoms with Crippen LogP contribution < -0.4 is 5.56 Å². The van der Waals surface area contributed by atoms with Gasteiger partial charge in [0.15, 0.2) is 5.75 Å². The van der Waals surface area contributed by atoms with Gasteiger partial charge >= 0.3 is 6.09 Å². The average molecular weight is 392 g/mol. The van der Waals surface area contributed by atoms with E-state index in [-0.39, 0.29) is 11.8 Å². The van der Waals surface area contributed by atoms with Crippen molar-refractivity contribution >= 4 is 17.7 Å². The molecule has 144 valence electrons. The lowest BCUT2D eigenvalue weighted by molar-refractivity contribution is 0.0707. The van der Waals surface area contributed by atoms with Gasteiger partial charge in [-0.3, -0.25) is 9.69 Å². The summed E-state index contributed by atoms with van der Waals surface area (Å²) in [5, 5.41) is 20.1. The number of amides is 1. The highest BCUT2D eigenvalue weighted by atomic mass is 35.5. The van der Waals surface area contributed by atoms with Gasteiger partial charge in [0.05, 0.1) is 6.54 Å². The summed E-state index contributed by atoms with van der Waals surface area (Å²) in [5.41, 5.74) is 1.01. The molecule has 27 heavy (non-hydrogen) atoms. The molecule has 7 nitrogen and oxygen atoms in total. The van der Waals surface area contributed by atoms with Crippen LogP contribution in [0.3, 0.4) is 0 Å². The van der Waals surface area contributed by atoms with E-state index in [2.05, 4.69) is 0 Å². The van der Waals surface area contributed by atoms with Crippen LogP contribution in [0.25, 0.3) is 0 Å². The number of rotatable bonds is 4. The zero-order valence-electron chi connectivity index (χ0n) is 15.0. The van der Waals surface area contributed by atoms with E-state index in [1.165, 1.54) is 9.47 Å². The highest BCUT2D eigenvalue weighted by Gasteiger charge is 2.27. The monoisotopic (exact) mass is 391 g/mol. The van der Waals surface area contributed by atoms with Crippen LogP contribution in [-0.4, -0.2) is 56.3 Å². The van der Waals surface area contributed by atoms with Gasteiger partial charge in [0.25, 0.3) is 5.56 Å². The lowest BCUT2D eigenvalue weighted by Crippen LogP contribution is -2.53. The van der Waals surface area contributed by atoms with Gasteiger partial charge in [0.1, 0.15) is 0 Å². The topological polar surface area (TPSA) is 86.0 Å². The Balaban J connectivity index is 1.71. The molecule has 1 unspecified atom stereocenters. The first-order valence-electron chi connectivity index (χ1n) is 8.73. The highest BCUT2D eigenvalue weighted by Crippen LogP contribution is 2.18. The minimum absolute atomic E-state index is 0.135. The quantitative estimate of drug-likeness (QED) is 0.836. The summed E-state index contributed by atoms with van der Waals surface area (Å²) in [6, 6.07) is 8.79. The summed E-state index contributed by atoms with van der Waals surface area (Å²) >= 11 is 5.87. The molecule has 3 rings (SSSR count). The summed E-state index contributed by atoms with van der Waals surface area (Å²) in [7, 11) is 0. The largest absolute Gasteiger partial charge is 0.503 e. The molecule has 0 radical (unpaired) electrons. The van der Waals surface area contributed by atoms with Crippen molar-refractivity contribution in [1.82, 2.24) is 14.4 Å². The highest BCUT2D eigenvalue weighted by molar-refractivity contribution is 6.30. The molecule has 1 fully saturated rings. The van der Waals surface area contributed by atoms with Crippen LogP contribution in [0.15, 0.2) is 41.3 Å². The number of piperazine rings is 1. The van der Waals surface area contributed by atoms with E-state index < -0.39 is 11.7 Å². The third-order valence-corrected chi connectivity index (χ3v) is 5.09. The predicted molar refractivity (Wildman–Crippen MR) is 102 cm³/mol. The average Bonchev–Trinajstić information content (AvgIpc) is 2.63. The van der Waals surface area contributed by atoms with Crippen LogP contribution in [0.5, 0.6) is 5.75 Å². The fourth-order valence-corrected chi connectivity index (χ4v) is 3.47. The minimum Gasteiger partial charge on any atom is -0.503 e. The number of pyridine rings is 1. The normalized spacial score (nSPS) is 17.9. The van der Waals surface area contributed by atoms with Gasteiger partial charge in [-0.25, -0.2) is 4.79 Å². The smallest absolute Gasteiger partial charge is 0.407 e. The van der Waals surface area contributed by atoms with Gasteiger partial charge < -0.3 is 19.7 Å². The number of halogens is 1. The Morgan fingerprint density at radius 2 is 1.89 bits per heavy atom. The molecule has 2 heterocycles. The molecule has 1 saturated heterocycles. The Morgan fingerprint density at radius 3 is 2.52 bits per heavy atom. The van der Waals surface area contributed by atoms with Crippen LogP contribution in [-0.2, 0) is 13.1 Å². The number of aromatic hydroxyl groups is 1. The molecule has 0 bridgehead atoms. The molecule has 1 aliphatic heterocycles. The first kappa shape index (κ1) is 19.3. The van der Waals surface area contributed by atoms with Crippen LogP contribution in [0.1, 0.15) is 18.1 Å². The molecule has 1 aromatic carbocycles. The summed E-state index contributed by atoms with van der Waals surface area (Å²) in [6.45, 7) is 4.12. The van der Waals surface area contributed by atoms with E-state index in [1.807, 2.05) is 24.0 Å². The molecule has 1 atom stereocenters. The molecule has 0 saturated carbocycles. The van der Waals surface area contributed by atoms with Crippen LogP contribution >= 0.6 is 11.6 Å². The van der Waals surface area contributed by atoms with Crippen molar-refractivity contribution in [3.8, 4) is 5.75 Å². The molecular formula is C19H22ClN3O4. The maximum absolute atomic E-state index is 12.5. The van der Waals surface area contributed by atoms with E-state index in [9.17, 15) is 14.7 Å². The Kier molecular flexibility index (Phi) is 5.72. The standard InChI is InChI=1S/C19H22ClN3O4/c1-13-10-21(8-9-23(13)19(26)27)12-15-6-7-22(18(25)17(15)24)11-14-2-4-16(20)5-3-14/h2-7,13,24H,8-12H2,1H3,(H,26,27). The summed E-state index contributed by atoms with van der Waals surface area (Å²) < 4.78 is 1.45. The molecule has 1 aliphatic rings. The van der Waals surface area contributed by atoms with E-state index in [1.54, 1.807) is 24.4 Å². The van der Waals surface area contributed by atoms with Crippen molar-refractivity contribution in [1.29, 1.82) is 0 Å². The lowest BCUT2D eigenvalue weighted by Gasteiger charge is -2.38. The molecule has 0 aliphatic carbocycles. The Hall–Kier alpha value is -2.51. The first-order chi connectivity index (χ1) is 12.8. The predicted octanol–water partition coefficient (Wildman–Crippen LogP) is 2.44. The number of nitrogens with zero attached hydrogens (tertiary/aromatic N) is 3. The maximum Gasteiger partial charge on any atom is 0.407 e. The van der Waals surface area contributed by atoms with E-state index >= 15 is 0 Å². The van der Waals surface area contributed by atoms with Crippen molar-refractivity contribution in [2.75, 3.05) is 19.6 Å². The third kappa shape index (κ3) is 4.43. The zero-order chi connectivity index (χ0) is 19.6. The van der Waals surface area contributed by atoms with Gasteiger partial charge in [0.2, 0.25) is 0 Å². The Labute approximate surface area is 162 Å². The summed E-state index contributed by atoms with van der Waals surface area (Å²) in [4.78, 5) is 27.1. The first-order valence-corrected chi connectivity index (χ1v) is 9.10.